The highest BCUT2D eigenvalue weighted by Gasteiger charge is 1.95. The third-order valence-corrected chi connectivity index (χ3v) is 0.789. The molecule has 0 fully saturated rings. The van der Waals surface area contributed by atoms with E-state index in [1.807, 2.05) is 0 Å². The number of carboxylic acids is 1. The molecule has 0 aromatic rings. The Kier molecular flexibility index (Phi) is 12.0. The Balaban J connectivity index is 0. The van der Waals surface area contributed by atoms with E-state index in [1.54, 1.807) is 6.92 Å². The Morgan fingerprint density at radius 3 is 2.15 bits per heavy atom. The SMILES string of the molecule is CCOC(=O)CCN.O=C(O)CO. The van der Waals surface area contributed by atoms with Crippen molar-refractivity contribution >= 4 is 11.9 Å². The van der Waals surface area contributed by atoms with Crippen molar-refractivity contribution in [1.82, 2.24) is 0 Å². The molecule has 0 aliphatic carbocycles. The van der Waals surface area contributed by atoms with Gasteiger partial charge in [0, 0.05) is 6.54 Å². The van der Waals surface area contributed by atoms with Gasteiger partial charge in [-0.2, -0.15) is 0 Å². The Bertz CT molecular complexity index is 140. The fraction of sp³-hybridized carbons (Fsp3) is 0.714. The third kappa shape index (κ3) is 18.1. The maximum absolute atomic E-state index is 10.3. The van der Waals surface area contributed by atoms with Crippen LogP contribution in [0.25, 0.3) is 0 Å². The van der Waals surface area contributed by atoms with Crippen molar-refractivity contribution in [1.29, 1.82) is 0 Å². The number of carbonyl (C=O) groups excluding carboxylic acids is 1. The van der Waals surface area contributed by atoms with Crippen LogP contribution in [0.5, 0.6) is 0 Å². The number of ether oxygens (including phenoxy) is 1. The number of rotatable bonds is 4. The quantitative estimate of drug-likeness (QED) is 0.492. The number of esters is 1. The van der Waals surface area contributed by atoms with Gasteiger partial charge in [-0.1, -0.05) is 0 Å². The van der Waals surface area contributed by atoms with Crippen molar-refractivity contribution in [3.8, 4) is 0 Å². The molecule has 0 aromatic heterocycles. The molecule has 0 spiro atoms. The molecule has 0 aliphatic heterocycles. The zero-order valence-electron chi connectivity index (χ0n) is 7.52. The standard InChI is InChI=1S/C5H11NO2.C2H4O3/c1-2-8-5(7)3-4-6;3-1-2(4)5/h2-4,6H2,1H3;3H,1H2,(H,4,5). The Morgan fingerprint density at radius 2 is 1.92 bits per heavy atom. The van der Waals surface area contributed by atoms with E-state index in [1.165, 1.54) is 0 Å². The van der Waals surface area contributed by atoms with Crippen LogP contribution in [0.4, 0.5) is 0 Å². The topological polar surface area (TPSA) is 110 Å². The van der Waals surface area contributed by atoms with Crippen molar-refractivity contribution in [3.05, 3.63) is 0 Å². The summed E-state index contributed by atoms with van der Waals surface area (Å²) in [7, 11) is 0. The summed E-state index contributed by atoms with van der Waals surface area (Å²) in [5.74, 6) is -1.40. The minimum absolute atomic E-state index is 0.213. The molecule has 0 aliphatic rings. The summed E-state index contributed by atoms with van der Waals surface area (Å²) in [4.78, 5) is 19.5. The smallest absolute Gasteiger partial charge is 0.329 e. The molecule has 0 heterocycles. The summed E-state index contributed by atoms with van der Waals surface area (Å²) >= 11 is 0. The molecule has 0 atom stereocenters. The van der Waals surface area contributed by atoms with Crippen LogP contribution < -0.4 is 5.73 Å². The first-order valence-corrected chi connectivity index (χ1v) is 3.76. The fourth-order valence-corrected chi connectivity index (χ4v) is 0.351. The normalized spacial score (nSPS) is 8.23. The molecule has 0 saturated heterocycles. The van der Waals surface area contributed by atoms with Gasteiger partial charge in [0.05, 0.1) is 13.0 Å². The molecule has 13 heavy (non-hydrogen) atoms. The largest absolute Gasteiger partial charge is 0.480 e. The summed E-state index contributed by atoms with van der Waals surface area (Å²) in [5.41, 5.74) is 5.06. The molecule has 78 valence electrons. The zero-order chi connectivity index (χ0) is 10.7. The van der Waals surface area contributed by atoms with Crippen LogP contribution in [0, 0.1) is 0 Å². The van der Waals surface area contributed by atoms with E-state index in [0.717, 1.165) is 0 Å². The van der Waals surface area contributed by atoms with Crippen LogP contribution >= 0.6 is 0 Å². The van der Waals surface area contributed by atoms with Crippen molar-refractivity contribution in [2.24, 2.45) is 5.73 Å². The number of carboxylic acid groups (broad SMARTS) is 1. The van der Waals surface area contributed by atoms with Gasteiger partial charge in [0.1, 0.15) is 6.61 Å². The first kappa shape index (κ1) is 14.4. The number of nitrogens with two attached hydrogens (primary N) is 1. The van der Waals surface area contributed by atoms with Crippen LogP contribution in [0.2, 0.25) is 0 Å². The number of hydrogen-bond donors (Lipinski definition) is 3. The summed E-state index contributed by atoms with van der Waals surface area (Å²) in [6.07, 6.45) is 0.327. The van der Waals surface area contributed by atoms with E-state index in [2.05, 4.69) is 4.74 Å². The minimum atomic E-state index is -1.19. The van der Waals surface area contributed by atoms with Crippen molar-refractivity contribution < 1.29 is 24.5 Å². The molecular weight excluding hydrogens is 178 g/mol. The van der Waals surface area contributed by atoms with Gasteiger partial charge in [-0.05, 0) is 6.92 Å². The molecule has 4 N–H and O–H groups in total. The summed E-state index contributed by atoms with van der Waals surface area (Å²) in [6.45, 7) is 1.81. The van der Waals surface area contributed by atoms with Crippen LogP contribution in [-0.2, 0) is 14.3 Å². The zero-order valence-corrected chi connectivity index (χ0v) is 7.52. The van der Waals surface area contributed by atoms with Gasteiger partial charge in [0.15, 0.2) is 0 Å². The highest BCUT2D eigenvalue weighted by atomic mass is 16.5. The molecule has 6 heteroatoms. The van der Waals surface area contributed by atoms with Gasteiger partial charge >= 0.3 is 11.9 Å². The van der Waals surface area contributed by atoms with Gasteiger partial charge in [-0.25, -0.2) is 4.79 Å². The number of aliphatic hydroxyl groups is 1. The fourth-order valence-electron chi connectivity index (χ4n) is 0.351. The lowest BCUT2D eigenvalue weighted by molar-refractivity contribution is -0.143. The number of aliphatic hydroxyl groups excluding tert-OH is 1. The third-order valence-electron chi connectivity index (χ3n) is 0.789. The van der Waals surface area contributed by atoms with Gasteiger partial charge in [0.2, 0.25) is 0 Å². The average molecular weight is 193 g/mol. The van der Waals surface area contributed by atoms with Crippen LogP contribution in [0.1, 0.15) is 13.3 Å². The van der Waals surface area contributed by atoms with Crippen LogP contribution in [0.3, 0.4) is 0 Å². The van der Waals surface area contributed by atoms with E-state index in [4.69, 9.17) is 20.7 Å². The van der Waals surface area contributed by atoms with Crippen LogP contribution in [-0.4, -0.2) is 41.9 Å². The molecule has 0 rings (SSSR count). The molecule has 6 nitrogen and oxygen atoms in total. The van der Waals surface area contributed by atoms with Crippen molar-refractivity contribution in [2.75, 3.05) is 19.8 Å². The molecule has 0 bridgehead atoms. The van der Waals surface area contributed by atoms with Crippen LogP contribution in [0.15, 0.2) is 0 Å². The average Bonchev–Trinajstić information content (AvgIpc) is 2.06. The van der Waals surface area contributed by atoms with E-state index in [0.29, 0.717) is 19.6 Å². The van der Waals surface area contributed by atoms with Gasteiger partial charge < -0.3 is 20.7 Å². The predicted molar refractivity (Wildman–Crippen MR) is 45.0 cm³/mol. The molecule has 0 saturated carbocycles. The molecule has 0 amide bonds. The highest BCUT2D eigenvalue weighted by molar-refractivity contribution is 5.69. The number of carbonyl (C=O) groups is 2. The second-order valence-electron chi connectivity index (χ2n) is 1.90. The Morgan fingerprint density at radius 1 is 1.46 bits per heavy atom. The van der Waals surface area contributed by atoms with E-state index in [9.17, 15) is 4.79 Å². The first-order valence-electron chi connectivity index (χ1n) is 3.76. The van der Waals surface area contributed by atoms with Gasteiger partial charge in [-0.15, -0.1) is 0 Å². The van der Waals surface area contributed by atoms with E-state index < -0.39 is 12.6 Å². The maximum Gasteiger partial charge on any atom is 0.329 e. The summed E-state index contributed by atoms with van der Waals surface area (Å²) in [5, 5.41) is 15.0. The lowest BCUT2D eigenvalue weighted by atomic mass is 10.4. The molecule has 0 radical (unpaired) electrons. The molecule has 0 aromatic carbocycles. The Hall–Kier alpha value is -1.14. The summed E-state index contributed by atoms with van der Waals surface area (Å²) < 4.78 is 4.56. The lowest BCUT2D eigenvalue weighted by Gasteiger charge is -1.96. The number of hydrogen-bond acceptors (Lipinski definition) is 5. The van der Waals surface area contributed by atoms with Gasteiger partial charge in [-0.3, -0.25) is 4.79 Å². The van der Waals surface area contributed by atoms with Crippen molar-refractivity contribution in [2.45, 2.75) is 13.3 Å². The molecular formula is C7H15NO5. The van der Waals surface area contributed by atoms with Crippen molar-refractivity contribution in [3.63, 3.8) is 0 Å². The van der Waals surface area contributed by atoms with E-state index in [-0.39, 0.29) is 5.97 Å². The highest BCUT2D eigenvalue weighted by Crippen LogP contribution is 1.80. The number of aliphatic carboxylic acids is 1. The van der Waals surface area contributed by atoms with Gasteiger partial charge in [0.25, 0.3) is 0 Å². The van der Waals surface area contributed by atoms with E-state index >= 15 is 0 Å². The second kappa shape index (κ2) is 10.9. The first-order chi connectivity index (χ1) is 6.08. The summed E-state index contributed by atoms with van der Waals surface area (Å²) in [6, 6.07) is 0. The monoisotopic (exact) mass is 193 g/mol. The second-order valence-corrected chi connectivity index (χ2v) is 1.90. The molecule has 0 unspecified atom stereocenters. The Labute approximate surface area is 76.3 Å². The maximum atomic E-state index is 10.3. The lowest BCUT2D eigenvalue weighted by Crippen LogP contribution is -2.10. The predicted octanol–water partition coefficient (Wildman–Crippen LogP) is -1.04. The minimum Gasteiger partial charge on any atom is -0.480 e.